The van der Waals surface area contributed by atoms with E-state index in [2.05, 4.69) is 5.48 Å². The van der Waals surface area contributed by atoms with Crippen molar-refractivity contribution in [3.63, 3.8) is 0 Å². The fraction of sp³-hybridized carbons (Fsp3) is 0.143. The molecule has 0 aliphatic carbocycles. The van der Waals surface area contributed by atoms with Crippen LogP contribution < -0.4 is 15.0 Å². The number of rotatable bonds is 8. The van der Waals surface area contributed by atoms with Crippen molar-refractivity contribution in [2.24, 2.45) is 0 Å². The summed E-state index contributed by atoms with van der Waals surface area (Å²) in [6.45, 7) is 0.111. The van der Waals surface area contributed by atoms with Gasteiger partial charge in [0.15, 0.2) is 5.76 Å². The van der Waals surface area contributed by atoms with Gasteiger partial charge >= 0.3 is 5.91 Å². The maximum Gasteiger partial charge on any atom is 0.310 e. The second-order valence-corrected chi connectivity index (χ2v) is 5.80. The van der Waals surface area contributed by atoms with Crippen molar-refractivity contribution in [3.05, 3.63) is 71.5 Å². The first kappa shape index (κ1) is 19.2. The average Bonchev–Trinajstić information content (AvgIpc) is 3.24. The summed E-state index contributed by atoms with van der Waals surface area (Å²) >= 11 is 0. The molecule has 144 valence electrons. The van der Waals surface area contributed by atoms with Crippen molar-refractivity contribution < 1.29 is 28.3 Å². The quantitative estimate of drug-likeness (QED) is 0.474. The first-order valence-corrected chi connectivity index (χ1v) is 8.43. The Hall–Kier alpha value is -3.58. The fourth-order valence-corrected chi connectivity index (χ4v) is 2.54. The van der Waals surface area contributed by atoms with E-state index in [4.69, 9.17) is 18.7 Å². The molecule has 1 heterocycles. The summed E-state index contributed by atoms with van der Waals surface area (Å²) in [5.41, 5.74) is 4.42. The van der Waals surface area contributed by atoms with Crippen molar-refractivity contribution >= 4 is 12.2 Å². The zero-order valence-electron chi connectivity index (χ0n) is 15.4. The first-order chi connectivity index (χ1) is 13.6. The van der Waals surface area contributed by atoms with Crippen LogP contribution in [0.3, 0.4) is 0 Å². The minimum Gasteiger partial charge on any atom is -0.497 e. The molecule has 0 aliphatic heterocycles. The number of hydrogen-bond acceptors (Lipinski definition) is 6. The Bertz CT molecular complexity index is 961. The van der Waals surface area contributed by atoms with Crippen molar-refractivity contribution in [2.75, 3.05) is 14.2 Å². The fourth-order valence-electron chi connectivity index (χ4n) is 2.54. The Morgan fingerprint density at radius 2 is 1.82 bits per heavy atom. The van der Waals surface area contributed by atoms with Gasteiger partial charge in [-0.25, -0.2) is 5.48 Å². The van der Waals surface area contributed by atoms with Crippen LogP contribution in [-0.4, -0.2) is 26.4 Å². The van der Waals surface area contributed by atoms with Crippen LogP contribution in [0.2, 0.25) is 0 Å². The van der Waals surface area contributed by atoms with Gasteiger partial charge in [0.05, 0.1) is 14.2 Å². The summed E-state index contributed by atoms with van der Waals surface area (Å²) < 4.78 is 16.0. The number of carbonyl (C=O) groups excluding carboxylic acids is 2. The van der Waals surface area contributed by atoms with E-state index in [1.54, 1.807) is 68.8 Å². The molecule has 2 aromatic carbocycles. The molecule has 0 saturated carbocycles. The van der Waals surface area contributed by atoms with Crippen LogP contribution in [0.4, 0.5) is 0 Å². The third kappa shape index (κ3) is 4.39. The summed E-state index contributed by atoms with van der Waals surface area (Å²) in [4.78, 5) is 28.2. The van der Waals surface area contributed by atoms with Gasteiger partial charge < -0.3 is 13.9 Å². The molecule has 1 amide bonds. The molecule has 1 aromatic heterocycles. The highest BCUT2D eigenvalue weighted by molar-refractivity contribution is 5.91. The molecule has 0 spiro atoms. The largest absolute Gasteiger partial charge is 0.497 e. The predicted octanol–water partition coefficient (Wildman–Crippen LogP) is 3.64. The molecular formula is C21H19NO6. The molecular weight excluding hydrogens is 362 g/mol. The van der Waals surface area contributed by atoms with Gasteiger partial charge in [-0.1, -0.05) is 24.3 Å². The molecule has 1 N–H and O–H groups in total. The van der Waals surface area contributed by atoms with E-state index >= 15 is 0 Å². The smallest absolute Gasteiger partial charge is 0.310 e. The van der Waals surface area contributed by atoms with E-state index in [0.717, 1.165) is 17.4 Å². The van der Waals surface area contributed by atoms with Crippen LogP contribution in [-0.2, 0) is 11.4 Å². The number of furan rings is 1. The lowest BCUT2D eigenvalue weighted by Crippen LogP contribution is -2.23. The Balaban J connectivity index is 1.60. The molecule has 28 heavy (non-hydrogen) atoms. The van der Waals surface area contributed by atoms with Crippen LogP contribution in [0.1, 0.15) is 26.5 Å². The highest BCUT2D eigenvalue weighted by Crippen LogP contribution is 2.25. The Morgan fingerprint density at radius 3 is 2.50 bits per heavy atom. The van der Waals surface area contributed by atoms with Crippen LogP contribution in [0.5, 0.6) is 11.5 Å². The second-order valence-electron chi connectivity index (χ2n) is 5.80. The second kappa shape index (κ2) is 8.88. The zero-order chi connectivity index (χ0) is 19.9. The van der Waals surface area contributed by atoms with Crippen LogP contribution in [0.15, 0.2) is 59.0 Å². The monoisotopic (exact) mass is 381 g/mol. The van der Waals surface area contributed by atoms with E-state index in [-0.39, 0.29) is 12.4 Å². The van der Waals surface area contributed by atoms with Crippen molar-refractivity contribution in [2.45, 2.75) is 6.61 Å². The van der Waals surface area contributed by atoms with Crippen LogP contribution >= 0.6 is 0 Å². The van der Waals surface area contributed by atoms with Crippen molar-refractivity contribution in [3.8, 4) is 22.8 Å². The summed E-state index contributed by atoms with van der Waals surface area (Å²) in [7, 11) is 3.11. The molecule has 7 nitrogen and oxygen atoms in total. The van der Waals surface area contributed by atoms with Crippen molar-refractivity contribution in [1.82, 2.24) is 5.48 Å². The standard InChI is InChI=1S/C21H19NO6/c1-25-17-8-7-16(20(11-17)26-2)13-27-22-21(24)19-10-9-18(28-19)15-5-3-14(12-23)4-6-15/h3-12H,13H2,1-2H3,(H,22,24). The highest BCUT2D eigenvalue weighted by Gasteiger charge is 2.13. The van der Waals surface area contributed by atoms with E-state index < -0.39 is 5.91 Å². The lowest BCUT2D eigenvalue weighted by Gasteiger charge is -2.10. The van der Waals surface area contributed by atoms with Crippen LogP contribution in [0, 0.1) is 0 Å². The molecule has 0 unspecified atom stereocenters. The van der Waals surface area contributed by atoms with Gasteiger partial charge in [0, 0.05) is 22.8 Å². The summed E-state index contributed by atoms with van der Waals surface area (Å²) in [6, 6.07) is 15.4. The van der Waals surface area contributed by atoms with Gasteiger partial charge in [-0.3, -0.25) is 14.4 Å². The minimum absolute atomic E-state index is 0.108. The molecule has 7 heteroatoms. The molecule has 3 rings (SSSR count). The minimum atomic E-state index is -0.511. The summed E-state index contributed by atoms with van der Waals surface area (Å²) in [6.07, 6.45) is 0.764. The Morgan fingerprint density at radius 1 is 1.04 bits per heavy atom. The number of methoxy groups -OCH3 is 2. The Kier molecular flexibility index (Phi) is 6.08. The lowest BCUT2D eigenvalue weighted by atomic mass is 10.1. The average molecular weight is 381 g/mol. The van der Waals surface area contributed by atoms with Crippen molar-refractivity contribution in [1.29, 1.82) is 0 Å². The molecule has 0 atom stereocenters. The van der Waals surface area contributed by atoms with Gasteiger partial charge in [-0.15, -0.1) is 0 Å². The Labute approximate surface area is 161 Å². The van der Waals surface area contributed by atoms with Crippen LogP contribution in [0.25, 0.3) is 11.3 Å². The molecule has 0 saturated heterocycles. The molecule has 0 bridgehead atoms. The van der Waals surface area contributed by atoms with Gasteiger partial charge in [0.2, 0.25) is 0 Å². The van der Waals surface area contributed by atoms with E-state index in [9.17, 15) is 9.59 Å². The number of ether oxygens (including phenoxy) is 2. The summed E-state index contributed by atoms with van der Waals surface area (Å²) in [5.74, 6) is 1.36. The number of benzene rings is 2. The zero-order valence-corrected chi connectivity index (χ0v) is 15.4. The third-order valence-corrected chi connectivity index (χ3v) is 4.05. The number of hydrogen-bond donors (Lipinski definition) is 1. The maximum absolute atomic E-state index is 12.2. The van der Waals surface area contributed by atoms with Gasteiger partial charge in [0.1, 0.15) is 30.2 Å². The highest BCUT2D eigenvalue weighted by atomic mass is 16.7. The summed E-state index contributed by atoms with van der Waals surface area (Å²) in [5, 5.41) is 0. The first-order valence-electron chi connectivity index (χ1n) is 8.43. The van der Waals surface area contributed by atoms with Gasteiger partial charge in [-0.05, 0) is 24.3 Å². The number of aldehydes is 1. The molecule has 0 fully saturated rings. The predicted molar refractivity (Wildman–Crippen MR) is 101 cm³/mol. The number of carbonyl (C=O) groups is 2. The molecule has 3 aromatic rings. The molecule has 0 radical (unpaired) electrons. The maximum atomic E-state index is 12.2. The lowest BCUT2D eigenvalue weighted by molar-refractivity contribution is 0.0206. The number of amides is 1. The third-order valence-electron chi connectivity index (χ3n) is 4.05. The normalized spacial score (nSPS) is 10.4. The number of hydroxylamine groups is 1. The van der Waals surface area contributed by atoms with E-state index in [1.165, 1.54) is 0 Å². The van der Waals surface area contributed by atoms with Gasteiger partial charge in [-0.2, -0.15) is 0 Å². The van der Waals surface area contributed by atoms with Gasteiger partial charge in [0.25, 0.3) is 0 Å². The number of nitrogens with one attached hydrogen (secondary N) is 1. The SMILES string of the molecule is COc1ccc(CONC(=O)c2ccc(-c3ccc(C=O)cc3)o2)c(OC)c1. The van der Waals surface area contributed by atoms with E-state index in [0.29, 0.717) is 22.8 Å². The molecule has 0 aliphatic rings. The topological polar surface area (TPSA) is 87.0 Å². The van der Waals surface area contributed by atoms with E-state index in [1.807, 2.05) is 0 Å².